The van der Waals surface area contributed by atoms with Crippen molar-refractivity contribution in [3.63, 3.8) is 0 Å². The van der Waals surface area contributed by atoms with Crippen LogP contribution in [0.3, 0.4) is 0 Å². The molecular formula is C24H17ClFNO3. The van der Waals surface area contributed by atoms with Gasteiger partial charge in [-0.1, -0.05) is 35.9 Å². The van der Waals surface area contributed by atoms with Crippen molar-refractivity contribution in [3.8, 4) is 0 Å². The van der Waals surface area contributed by atoms with Crippen molar-refractivity contribution < 1.29 is 19.1 Å². The summed E-state index contributed by atoms with van der Waals surface area (Å²) in [4.78, 5) is 26.5. The molecule has 1 aliphatic carbocycles. The van der Waals surface area contributed by atoms with Crippen molar-refractivity contribution in [2.45, 2.75) is 24.3 Å². The second-order valence-electron chi connectivity index (χ2n) is 7.84. The Morgan fingerprint density at radius 1 is 1.13 bits per heavy atom. The molecule has 1 amide bonds. The van der Waals surface area contributed by atoms with Crippen LogP contribution in [0.25, 0.3) is 0 Å². The summed E-state index contributed by atoms with van der Waals surface area (Å²) in [5.74, 6) is -1.52. The molecule has 1 N–H and O–H groups in total. The molecule has 1 aliphatic heterocycles. The Morgan fingerprint density at radius 3 is 2.63 bits per heavy atom. The molecule has 0 bridgehead atoms. The first-order valence-corrected chi connectivity index (χ1v) is 9.97. The van der Waals surface area contributed by atoms with E-state index in [0.717, 1.165) is 5.56 Å². The SMILES string of the molecule is O=C(O)c1cccc(CN2C(=O)[C@@]3(C[C@@H]3c3ccc(Cl)cc3)c3cc(F)ccc32)c1. The second kappa shape index (κ2) is 6.67. The minimum absolute atomic E-state index is 0.0434. The summed E-state index contributed by atoms with van der Waals surface area (Å²) < 4.78 is 14.1. The molecule has 1 fully saturated rings. The third kappa shape index (κ3) is 2.81. The van der Waals surface area contributed by atoms with Crippen molar-refractivity contribution >= 4 is 29.2 Å². The van der Waals surface area contributed by atoms with E-state index in [0.29, 0.717) is 28.3 Å². The molecule has 1 saturated carbocycles. The molecule has 3 aromatic carbocycles. The van der Waals surface area contributed by atoms with E-state index in [4.69, 9.17) is 11.6 Å². The quantitative estimate of drug-likeness (QED) is 0.633. The molecule has 0 radical (unpaired) electrons. The number of carbonyl (C=O) groups excluding carboxylic acids is 1. The molecule has 0 saturated heterocycles. The highest BCUT2D eigenvalue weighted by Crippen LogP contribution is 2.66. The molecule has 1 spiro atoms. The van der Waals surface area contributed by atoms with E-state index >= 15 is 0 Å². The zero-order valence-electron chi connectivity index (χ0n) is 15.8. The first-order chi connectivity index (χ1) is 14.4. The topological polar surface area (TPSA) is 57.6 Å². The van der Waals surface area contributed by atoms with Crippen LogP contribution in [-0.4, -0.2) is 17.0 Å². The Kier molecular flexibility index (Phi) is 4.19. The van der Waals surface area contributed by atoms with Crippen molar-refractivity contribution in [3.05, 3.63) is 99.8 Å². The summed E-state index contributed by atoms with van der Waals surface area (Å²) in [7, 11) is 0. The highest BCUT2D eigenvalue weighted by atomic mass is 35.5. The molecule has 6 heteroatoms. The van der Waals surface area contributed by atoms with Gasteiger partial charge in [0.25, 0.3) is 0 Å². The largest absolute Gasteiger partial charge is 0.478 e. The minimum Gasteiger partial charge on any atom is -0.478 e. The van der Waals surface area contributed by atoms with Crippen LogP contribution >= 0.6 is 11.6 Å². The highest BCUT2D eigenvalue weighted by molar-refractivity contribution is 6.30. The second-order valence-corrected chi connectivity index (χ2v) is 8.27. The van der Waals surface area contributed by atoms with E-state index in [9.17, 15) is 19.1 Å². The number of carbonyl (C=O) groups is 2. The van der Waals surface area contributed by atoms with Crippen LogP contribution in [0.2, 0.25) is 5.02 Å². The molecule has 2 atom stereocenters. The summed E-state index contributed by atoms with van der Waals surface area (Å²) in [5.41, 5.74) is 2.46. The standard InChI is InChI=1S/C24H17ClFNO3/c25-17-6-4-15(5-7-17)20-12-24(20)19-11-18(26)8-9-21(19)27(23(24)30)13-14-2-1-3-16(10-14)22(28)29/h1-11,20H,12-13H2,(H,28,29)/t20-,24+/m1/s1. The Balaban J connectivity index is 1.54. The number of anilines is 1. The first-order valence-electron chi connectivity index (χ1n) is 9.60. The average molecular weight is 422 g/mol. The zero-order chi connectivity index (χ0) is 21.0. The van der Waals surface area contributed by atoms with Crippen molar-refractivity contribution in [1.29, 1.82) is 0 Å². The number of amides is 1. The van der Waals surface area contributed by atoms with Crippen molar-refractivity contribution in [2.24, 2.45) is 0 Å². The Bertz CT molecular complexity index is 1190. The number of halogens is 2. The molecule has 30 heavy (non-hydrogen) atoms. The molecule has 2 aliphatic rings. The molecule has 5 rings (SSSR count). The maximum Gasteiger partial charge on any atom is 0.335 e. The molecule has 150 valence electrons. The van der Waals surface area contributed by atoms with Crippen molar-refractivity contribution in [1.82, 2.24) is 0 Å². The number of rotatable bonds is 4. The van der Waals surface area contributed by atoms with Crippen LogP contribution in [-0.2, 0) is 16.8 Å². The lowest BCUT2D eigenvalue weighted by Crippen LogP contribution is -2.32. The lowest BCUT2D eigenvalue weighted by Gasteiger charge is -2.19. The predicted molar refractivity (Wildman–Crippen MR) is 111 cm³/mol. The normalized spacial score (nSPS) is 21.7. The maximum atomic E-state index is 14.1. The first kappa shape index (κ1) is 18.8. The summed E-state index contributed by atoms with van der Waals surface area (Å²) in [6.07, 6.45) is 0.607. The molecule has 1 heterocycles. The maximum absolute atomic E-state index is 14.1. The smallest absolute Gasteiger partial charge is 0.335 e. The van der Waals surface area contributed by atoms with E-state index in [-0.39, 0.29) is 29.8 Å². The van der Waals surface area contributed by atoms with Gasteiger partial charge in [0.15, 0.2) is 0 Å². The van der Waals surface area contributed by atoms with E-state index in [1.807, 2.05) is 12.1 Å². The van der Waals surface area contributed by atoms with E-state index < -0.39 is 11.4 Å². The van der Waals surface area contributed by atoms with Crippen LogP contribution in [0.5, 0.6) is 0 Å². The van der Waals surface area contributed by atoms with Gasteiger partial charge in [-0.3, -0.25) is 4.79 Å². The van der Waals surface area contributed by atoms with Crippen LogP contribution < -0.4 is 4.90 Å². The number of carboxylic acid groups (broad SMARTS) is 1. The minimum atomic E-state index is -1.02. The van der Waals surface area contributed by atoms with E-state index in [1.165, 1.54) is 18.2 Å². The van der Waals surface area contributed by atoms with Crippen LogP contribution in [0.15, 0.2) is 66.7 Å². The monoisotopic (exact) mass is 421 g/mol. The van der Waals surface area contributed by atoms with Crippen molar-refractivity contribution in [2.75, 3.05) is 4.90 Å². The number of hydrogen-bond donors (Lipinski definition) is 1. The fourth-order valence-electron chi connectivity index (χ4n) is 4.60. The van der Waals surface area contributed by atoms with E-state index in [1.54, 1.807) is 41.3 Å². The van der Waals surface area contributed by atoms with Gasteiger partial charge in [-0.15, -0.1) is 0 Å². The number of hydrogen-bond acceptors (Lipinski definition) is 2. The van der Waals surface area contributed by atoms with Gasteiger partial charge in [0.2, 0.25) is 5.91 Å². The van der Waals surface area contributed by atoms with Crippen LogP contribution in [0.1, 0.15) is 39.4 Å². The zero-order valence-corrected chi connectivity index (χ0v) is 16.6. The summed E-state index contributed by atoms with van der Waals surface area (Å²) in [6.45, 7) is 0.230. The van der Waals surface area contributed by atoms with E-state index in [2.05, 4.69) is 0 Å². The van der Waals surface area contributed by atoms with Gasteiger partial charge in [0.1, 0.15) is 5.82 Å². The fraction of sp³-hybridized carbons (Fsp3) is 0.167. The van der Waals surface area contributed by atoms with Gasteiger partial charge in [0, 0.05) is 16.6 Å². The summed E-state index contributed by atoms with van der Waals surface area (Å²) >= 11 is 6.00. The number of benzene rings is 3. The Morgan fingerprint density at radius 2 is 1.90 bits per heavy atom. The van der Waals surface area contributed by atoms with Crippen LogP contribution in [0, 0.1) is 5.82 Å². The number of carboxylic acids is 1. The number of nitrogens with zero attached hydrogens (tertiary/aromatic N) is 1. The summed E-state index contributed by atoms with van der Waals surface area (Å²) in [6, 6.07) is 18.4. The molecule has 4 nitrogen and oxygen atoms in total. The summed E-state index contributed by atoms with van der Waals surface area (Å²) in [5, 5.41) is 9.87. The number of aromatic carboxylic acids is 1. The predicted octanol–water partition coefficient (Wildman–Crippen LogP) is 5.15. The molecule has 0 aromatic heterocycles. The van der Waals surface area contributed by atoms with Gasteiger partial charge in [-0.25, -0.2) is 9.18 Å². The van der Waals surface area contributed by atoms with Gasteiger partial charge in [-0.05, 0) is 65.6 Å². The lowest BCUT2D eigenvalue weighted by atomic mass is 9.92. The number of fused-ring (bicyclic) bond motifs is 2. The van der Waals surface area contributed by atoms with Gasteiger partial charge < -0.3 is 10.0 Å². The third-order valence-electron chi connectivity index (χ3n) is 6.10. The Hall–Kier alpha value is -3.18. The van der Waals surface area contributed by atoms with Crippen LogP contribution in [0.4, 0.5) is 10.1 Å². The molecule has 3 aromatic rings. The molecule has 0 unspecified atom stereocenters. The fourth-order valence-corrected chi connectivity index (χ4v) is 4.73. The Labute approximate surface area is 177 Å². The third-order valence-corrected chi connectivity index (χ3v) is 6.36. The molecular weight excluding hydrogens is 405 g/mol. The van der Waals surface area contributed by atoms with Gasteiger partial charge >= 0.3 is 5.97 Å². The average Bonchev–Trinajstić information content (AvgIpc) is 3.45. The highest BCUT2D eigenvalue weighted by Gasteiger charge is 2.67. The van der Waals surface area contributed by atoms with Gasteiger partial charge in [-0.2, -0.15) is 0 Å². The van der Waals surface area contributed by atoms with Gasteiger partial charge in [0.05, 0.1) is 17.5 Å². The lowest BCUT2D eigenvalue weighted by molar-refractivity contribution is -0.120.